The number of nitrogens with one attached hydrogen (secondary N) is 2. The van der Waals surface area contributed by atoms with Gasteiger partial charge in [0.25, 0.3) is 5.91 Å². The largest absolute Gasteiger partial charge is 0.381 e. The number of hydrogen-bond acceptors (Lipinski definition) is 7. The molecule has 1 amide bonds. The summed E-state index contributed by atoms with van der Waals surface area (Å²) in [6.07, 6.45) is 6.24. The Kier molecular flexibility index (Phi) is 6.76. The van der Waals surface area contributed by atoms with Gasteiger partial charge in [-0.2, -0.15) is 5.10 Å². The van der Waals surface area contributed by atoms with Gasteiger partial charge in [-0.15, -0.1) is 0 Å². The van der Waals surface area contributed by atoms with Gasteiger partial charge >= 0.3 is 0 Å². The molecule has 10 nitrogen and oxygen atoms in total. The molecule has 12 heteroatoms. The monoisotopic (exact) mass is 546 g/mol. The number of carbonyl (C=O) groups excluding carboxylic acids is 1. The van der Waals surface area contributed by atoms with Gasteiger partial charge in [-0.1, -0.05) is 23.7 Å². The Labute approximate surface area is 227 Å². The molecule has 198 valence electrons. The van der Waals surface area contributed by atoms with Crippen LogP contribution in [0.4, 0.5) is 4.39 Å². The van der Waals surface area contributed by atoms with Crippen molar-refractivity contribution in [1.29, 1.82) is 0 Å². The molecule has 0 spiro atoms. The van der Waals surface area contributed by atoms with Gasteiger partial charge < -0.3 is 14.6 Å². The van der Waals surface area contributed by atoms with Crippen LogP contribution >= 0.6 is 11.6 Å². The molecule has 1 aliphatic rings. The molecule has 4 heterocycles. The smallest absolute Gasteiger partial charge is 0.270 e. The number of halogens is 2. The van der Waals surface area contributed by atoms with Crippen molar-refractivity contribution in [3.63, 3.8) is 0 Å². The fourth-order valence-corrected chi connectivity index (χ4v) is 5.37. The standard InChI is InChI=1S/C27H24ClFN8O2/c1-39-18-10-16(34-27(38)22-8-15(28)6-7-30-22)9-17(11-18)37-24-12-21(25-32-14-33-36-25)31-13-23(24)35-26(37)19-4-2-3-5-20(19)29/h2-8,12-14,16-18H,9-11H2,1H3,(H,34,38)(H,32,33,36)/t16-,17+,18+/m1/s1. The molecule has 0 aliphatic heterocycles. The molecule has 0 radical (unpaired) electrons. The summed E-state index contributed by atoms with van der Waals surface area (Å²) < 4.78 is 22.9. The molecule has 6 rings (SSSR count). The molecule has 1 fully saturated rings. The normalized spacial score (nSPS) is 19.3. The van der Waals surface area contributed by atoms with Gasteiger partial charge in [-0.25, -0.2) is 14.4 Å². The van der Waals surface area contributed by atoms with Crippen molar-refractivity contribution in [3.05, 3.63) is 77.7 Å². The Morgan fingerprint density at radius 3 is 2.79 bits per heavy atom. The Hall–Kier alpha value is -4.22. The van der Waals surface area contributed by atoms with Gasteiger partial charge in [0.1, 0.15) is 34.9 Å². The van der Waals surface area contributed by atoms with Crippen LogP contribution in [-0.2, 0) is 4.74 Å². The number of fused-ring (bicyclic) bond motifs is 1. The molecule has 0 bridgehead atoms. The summed E-state index contributed by atoms with van der Waals surface area (Å²) in [7, 11) is 1.65. The molecule has 3 atom stereocenters. The van der Waals surface area contributed by atoms with E-state index in [1.54, 1.807) is 37.6 Å². The lowest BCUT2D eigenvalue weighted by molar-refractivity contribution is 0.0397. The molecule has 0 saturated heterocycles. The lowest BCUT2D eigenvalue weighted by Gasteiger charge is -2.36. The minimum Gasteiger partial charge on any atom is -0.381 e. The summed E-state index contributed by atoms with van der Waals surface area (Å²) >= 11 is 6.07. The average Bonchev–Trinajstić information content (AvgIpc) is 3.61. The highest BCUT2D eigenvalue weighted by Gasteiger charge is 2.34. The van der Waals surface area contributed by atoms with Gasteiger partial charge in [-0.3, -0.25) is 19.9 Å². The first kappa shape index (κ1) is 25.1. The third-order valence-corrected chi connectivity index (χ3v) is 7.21. The van der Waals surface area contributed by atoms with Crippen molar-refractivity contribution in [2.24, 2.45) is 0 Å². The predicted molar refractivity (Wildman–Crippen MR) is 142 cm³/mol. The highest BCUT2D eigenvalue weighted by atomic mass is 35.5. The zero-order chi connectivity index (χ0) is 26.9. The Balaban J connectivity index is 1.42. The Morgan fingerprint density at radius 1 is 1.15 bits per heavy atom. The van der Waals surface area contributed by atoms with Crippen molar-refractivity contribution in [2.45, 2.75) is 37.5 Å². The zero-order valence-corrected chi connectivity index (χ0v) is 21.6. The third-order valence-electron chi connectivity index (χ3n) is 6.98. The maximum absolute atomic E-state index is 15.1. The summed E-state index contributed by atoms with van der Waals surface area (Å²) in [6, 6.07) is 11.2. The van der Waals surface area contributed by atoms with Crippen molar-refractivity contribution < 1.29 is 13.9 Å². The highest BCUT2D eigenvalue weighted by Crippen LogP contribution is 2.38. The number of nitrogens with zero attached hydrogens (tertiary/aromatic N) is 6. The lowest BCUT2D eigenvalue weighted by atomic mass is 9.88. The maximum atomic E-state index is 15.1. The molecule has 2 N–H and O–H groups in total. The molecule has 0 unspecified atom stereocenters. The first-order valence-electron chi connectivity index (χ1n) is 12.4. The average molecular weight is 547 g/mol. The number of benzene rings is 1. The van der Waals surface area contributed by atoms with Crippen LogP contribution < -0.4 is 5.32 Å². The molecule has 1 aliphatic carbocycles. The Bertz CT molecular complexity index is 1640. The summed E-state index contributed by atoms with van der Waals surface area (Å²) in [6.45, 7) is 0. The van der Waals surface area contributed by atoms with Gasteiger partial charge in [0.2, 0.25) is 0 Å². The number of methoxy groups -OCH3 is 1. The van der Waals surface area contributed by atoms with Crippen molar-refractivity contribution in [1.82, 2.24) is 40.0 Å². The van der Waals surface area contributed by atoms with Crippen LogP contribution in [0.2, 0.25) is 5.02 Å². The number of pyridine rings is 2. The summed E-state index contributed by atoms with van der Waals surface area (Å²) in [5.41, 5.74) is 2.56. The number of aromatic nitrogens is 7. The van der Waals surface area contributed by atoms with Crippen molar-refractivity contribution >= 4 is 28.5 Å². The minimum absolute atomic E-state index is 0.150. The van der Waals surface area contributed by atoms with Crippen LogP contribution in [-0.4, -0.2) is 59.9 Å². The number of H-pyrrole nitrogens is 1. The number of hydrogen-bond donors (Lipinski definition) is 2. The summed E-state index contributed by atoms with van der Waals surface area (Å²) in [5, 5.41) is 10.3. The van der Waals surface area contributed by atoms with E-state index in [0.717, 1.165) is 5.52 Å². The summed E-state index contributed by atoms with van der Waals surface area (Å²) in [4.78, 5) is 30.7. The third kappa shape index (κ3) is 4.98. The first-order chi connectivity index (χ1) is 19.0. The van der Waals surface area contributed by atoms with Crippen molar-refractivity contribution in [3.8, 4) is 22.9 Å². The molecule has 4 aromatic heterocycles. The quantitative estimate of drug-likeness (QED) is 0.319. The SMILES string of the molecule is CO[C@H]1C[C@H](NC(=O)c2cc(Cl)ccn2)C[C@H](n2c(-c3ccccc3F)nc3cnc(-c4ncn[nH]4)cc32)C1. The molecular weight excluding hydrogens is 523 g/mol. The molecule has 39 heavy (non-hydrogen) atoms. The Morgan fingerprint density at radius 2 is 2.03 bits per heavy atom. The first-order valence-corrected chi connectivity index (χ1v) is 12.8. The number of amides is 1. The highest BCUT2D eigenvalue weighted by molar-refractivity contribution is 6.30. The van der Waals surface area contributed by atoms with E-state index in [4.69, 9.17) is 21.3 Å². The topological polar surface area (TPSA) is 124 Å². The van der Waals surface area contributed by atoms with Crippen LogP contribution in [0, 0.1) is 5.82 Å². The number of imidazole rings is 1. The van der Waals surface area contributed by atoms with E-state index in [1.165, 1.54) is 24.7 Å². The number of carbonyl (C=O) groups is 1. The molecular formula is C27H24ClFN8O2. The predicted octanol–water partition coefficient (Wildman–Crippen LogP) is 4.61. The fourth-order valence-electron chi connectivity index (χ4n) is 5.21. The number of ether oxygens (including phenoxy) is 1. The fraction of sp³-hybridized carbons (Fsp3) is 0.259. The van der Waals surface area contributed by atoms with E-state index in [2.05, 4.69) is 30.5 Å². The van der Waals surface area contributed by atoms with Crippen LogP contribution in [0.15, 0.2) is 61.2 Å². The van der Waals surface area contributed by atoms with E-state index >= 15 is 4.39 Å². The van der Waals surface area contributed by atoms with Gasteiger partial charge in [-0.05, 0) is 49.6 Å². The molecule has 5 aromatic rings. The van der Waals surface area contributed by atoms with Gasteiger partial charge in [0.15, 0.2) is 5.82 Å². The lowest BCUT2D eigenvalue weighted by Crippen LogP contribution is -2.43. The summed E-state index contributed by atoms with van der Waals surface area (Å²) in [5.74, 6) is 0.283. The van der Waals surface area contributed by atoms with E-state index in [9.17, 15) is 4.79 Å². The van der Waals surface area contributed by atoms with E-state index < -0.39 is 0 Å². The van der Waals surface area contributed by atoms with E-state index in [0.29, 0.717) is 52.7 Å². The van der Waals surface area contributed by atoms with Crippen molar-refractivity contribution in [2.75, 3.05) is 7.11 Å². The van der Waals surface area contributed by atoms with E-state index in [1.807, 2.05) is 10.6 Å². The van der Waals surface area contributed by atoms with Gasteiger partial charge in [0, 0.05) is 30.4 Å². The second kappa shape index (κ2) is 10.5. The minimum atomic E-state index is -0.381. The van der Waals surface area contributed by atoms with Crippen LogP contribution in [0.5, 0.6) is 0 Å². The second-order valence-corrected chi connectivity index (χ2v) is 9.86. The van der Waals surface area contributed by atoms with Crippen LogP contribution in [0.1, 0.15) is 35.8 Å². The van der Waals surface area contributed by atoms with Crippen LogP contribution in [0.3, 0.4) is 0 Å². The number of rotatable bonds is 6. The molecule has 1 aromatic carbocycles. The molecule has 1 saturated carbocycles. The second-order valence-electron chi connectivity index (χ2n) is 9.43. The van der Waals surface area contributed by atoms with E-state index in [-0.39, 0.29) is 35.6 Å². The number of aromatic amines is 1. The van der Waals surface area contributed by atoms with Gasteiger partial charge in [0.05, 0.1) is 23.4 Å². The van der Waals surface area contributed by atoms with Crippen LogP contribution in [0.25, 0.3) is 33.9 Å². The zero-order valence-electron chi connectivity index (χ0n) is 20.9. The maximum Gasteiger partial charge on any atom is 0.270 e.